The van der Waals surface area contributed by atoms with Crippen LogP contribution in [-0.4, -0.2) is 62.6 Å². The number of aromatic nitrogens is 4. The van der Waals surface area contributed by atoms with Crippen LogP contribution in [0, 0.1) is 5.92 Å². The predicted octanol–water partition coefficient (Wildman–Crippen LogP) is 2.90. The summed E-state index contributed by atoms with van der Waals surface area (Å²) in [5, 5.41) is 11.7. The number of rotatable bonds is 8. The van der Waals surface area contributed by atoms with Gasteiger partial charge in [-0.15, -0.1) is 0 Å². The van der Waals surface area contributed by atoms with Crippen LogP contribution >= 0.6 is 0 Å². The summed E-state index contributed by atoms with van der Waals surface area (Å²) in [5.74, 6) is 1.44. The number of halogens is 1. The Bertz CT molecular complexity index is 1090. The lowest BCUT2D eigenvalue weighted by Gasteiger charge is -2.23. The van der Waals surface area contributed by atoms with Crippen molar-refractivity contribution < 1.29 is 13.9 Å². The standard InChI is InChI=1S/C22H27FN6O2/c1-27-21(19(13-24-27)31-14-17-3-2-8-28(17)10-7-23)16-6-9-29-18(11-16)12-20(26-29)25-22(30)15-4-5-15/h6,9,11-13,15,17H,2-5,7-8,10,14H2,1H3,(H,25,26,30)/t17-/m1/s1. The molecule has 1 N–H and O–H groups in total. The fourth-order valence-electron chi connectivity index (χ4n) is 4.30. The Morgan fingerprint density at radius 2 is 2.19 bits per heavy atom. The van der Waals surface area contributed by atoms with Crippen LogP contribution in [0.25, 0.3) is 16.8 Å². The number of anilines is 1. The molecule has 2 fully saturated rings. The summed E-state index contributed by atoms with van der Waals surface area (Å²) in [4.78, 5) is 14.2. The molecule has 3 aromatic heterocycles. The maximum Gasteiger partial charge on any atom is 0.228 e. The molecule has 31 heavy (non-hydrogen) atoms. The maximum atomic E-state index is 12.8. The second-order valence-corrected chi connectivity index (χ2v) is 8.39. The van der Waals surface area contributed by atoms with Crippen molar-refractivity contribution in [2.24, 2.45) is 13.0 Å². The van der Waals surface area contributed by atoms with Crippen molar-refractivity contribution in [3.8, 4) is 17.0 Å². The van der Waals surface area contributed by atoms with Gasteiger partial charge < -0.3 is 10.1 Å². The fourth-order valence-corrected chi connectivity index (χ4v) is 4.30. The molecule has 0 unspecified atom stereocenters. The summed E-state index contributed by atoms with van der Waals surface area (Å²) < 4.78 is 22.5. The Hall–Kier alpha value is -2.94. The van der Waals surface area contributed by atoms with Gasteiger partial charge in [0.25, 0.3) is 0 Å². The number of ether oxygens (including phenoxy) is 1. The molecule has 9 heteroatoms. The minimum Gasteiger partial charge on any atom is -0.488 e. The molecule has 1 saturated carbocycles. The summed E-state index contributed by atoms with van der Waals surface area (Å²) in [5.41, 5.74) is 2.71. The van der Waals surface area contributed by atoms with Gasteiger partial charge in [0.15, 0.2) is 11.6 Å². The van der Waals surface area contributed by atoms with Crippen molar-refractivity contribution in [2.75, 3.05) is 31.7 Å². The number of amides is 1. The van der Waals surface area contributed by atoms with Gasteiger partial charge in [-0.05, 0) is 44.4 Å². The monoisotopic (exact) mass is 426 g/mol. The number of carbonyl (C=O) groups excluding carboxylic acids is 1. The zero-order valence-electron chi connectivity index (χ0n) is 17.6. The molecule has 1 aliphatic heterocycles. The Balaban J connectivity index is 1.34. The first kappa shape index (κ1) is 20.0. The number of fused-ring (bicyclic) bond motifs is 1. The maximum absolute atomic E-state index is 12.8. The van der Waals surface area contributed by atoms with E-state index in [0.29, 0.717) is 24.7 Å². The first-order chi connectivity index (χ1) is 15.1. The van der Waals surface area contributed by atoms with E-state index >= 15 is 0 Å². The van der Waals surface area contributed by atoms with Gasteiger partial charge in [-0.3, -0.25) is 14.4 Å². The number of nitrogens with zero attached hydrogens (tertiary/aromatic N) is 5. The highest BCUT2D eigenvalue weighted by Crippen LogP contribution is 2.32. The molecule has 5 rings (SSSR count). The molecule has 1 aliphatic carbocycles. The number of nitrogens with one attached hydrogen (secondary N) is 1. The third kappa shape index (κ3) is 4.14. The van der Waals surface area contributed by atoms with Gasteiger partial charge in [-0.1, -0.05) is 0 Å². The van der Waals surface area contributed by atoms with Crippen molar-refractivity contribution >= 4 is 17.2 Å². The van der Waals surface area contributed by atoms with E-state index in [0.717, 1.165) is 49.0 Å². The quantitative estimate of drug-likeness (QED) is 0.599. The van der Waals surface area contributed by atoms with Gasteiger partial charge in [0, 0.05) is 43.4 Å². The lowest BCUT2D eigenvalue weighted by atomic mass is 10.1. The van der Waals surface area contributed by atoms with Gasteiger partial charge in [0.05, 0.1) is 11.7 Å². The van der Waals surface area contributed by atoms with Gasteiger partial charge in [-0.2, -0.15) is 10.2 Å². The number of alkyl halides is 1. The average Bonchev–Trinajstić information content (AvgIpc) is 3.24. The van der Waals surface area contributed by atoms with Gasteiger partial charge in [0.1, 0.15) is 19.0 Å². The smallest absolute Gasteiger partial charge is 0.228 e. The van der Waals surface area contributed by atoms with E-state index in [1.807, 2.05) is 31.4 Å². The van der Waals surface area contributed by atoms with Crippen LogP contribution in [0.4, 0.5) is 10.2 Å². The molecule has 1 amide bonds. The average molecular weight is 426 g/mol. The number of likely N-dealkylation sites (tertiary alicyclic amines) is 1. The van der Waals surface area contributed by atoms with Gasteiger partial charge in [0.2, 0.25) is 5.91 Å². The first-order valence-corrected chi connectivity index (χ1v) is 10.9. The van der Waals surface area contributed by atoms with E-state index in [1.165, 1.54) is 0 Å². The molecule has 3 aromatic rings. The molecule has 0 bridgehead atoms. The predicted molar refractivity (Wildman–Crippen MR) is 115 cm³/mol. The third-order valence-electron chi connectivity index (χ3n) is 6.14. The van der Waals surface area contributed by atoms with Gasteiger partial charge in [-0.25, -0.2) is 8.91 Å². The summed E-state index contributed by atoms with van der Waals surface area (Å²) >= 11 is 0. The SMILES string of the molecule is Cn1ncc(OC[C@H]2CCCN2CCF)c1-c1ccn2nc(NC(=O)C3CC3)cc2c1. The minimum atomic E-state index is -0.330. The number of hydrogen-bond donors (Lipinski definition) is 1. The van der Waals surface area contributed by atoms with Crippen LogP contribution in [-0.2, 0) is 11.8 Å². The highest BCUT2D eigenvalue weighted by atomic mass is 19.1. The number of carbonyl (C=O) groups is 1. The van der Waals surface area contributed by atoms with Crippen molar-refractivity contribution in [3.63, 3.8) is 0 Å². The summed E-state index contributed by atoms with van der Waals surface area (Å²) in [6, 6.07) is 6.07. The molecule has 1 saturated heterocycles. The zero-order valence-corrected chi connectivity index (χ0v) is 17.6. The molecule has 0 radical (unpaired) electrons. The lowest BCUT2D eigenvalue weighted by Crippen LogP contribution is -2.35. The Morgan fingerprint density at radius 3 is 3.00 bits per heavy atom. The van der Waals surface area contributed by atoms with E-state index in [9.17, 15) is 9.18 Å². The number of pyridine rings is 1. The van der Waals surface area contributed by atoms with Crippen LogP contribution in [0.1, 0.15) is 25.7 Å². The van der Waals surface area contributed by atoms with Crippen molar-refractivity contribution in [3.05, 3.63) is 30.6 Å². The highest BCUT2D eigenvalue weighted by molar-refractivity contribution is 5.93. The lowest BCUT2D eigenvalue weighted by molar-refractivity contribution is -0.117. The van der Waals surface area contributed by atoms with E-state index < -0.39 is 0 Å². The Kier molecular flexibility index (Phi) is 5.35. The molecule has 4 heterocycles. The van der Waals surface area contributed by atoms with Crippen LogP contribution < -0.4 is 10.1 Å². The summed E-state index contributed by atoms with van der Waals surface area (Å²) in [7, 11) is 1.88. The molecule has 1 atom stereocenters. The second kappa shape index (κ2) is 8.30. The zero-order chi connectivity index (χ0) is 21.4. The van der Waals surface area contributed by atoms with Gasteiger partial charge >= 0.3 is 0 Å². The Morgan fingerprint density at radius 1 is 1.32 bits per heavy atom. The third-order valence-corrected chi connectivity index (χ3v) is 6.14. The fraction of sp³-hybridized carbons (Fsp3) is 0.500. The first-order valence-electron chi connectivity index (χ1n) is 10.9. The highest BCUT2D eigenvalue weighted by Gasteiger charge is 2.30. The molecule has 0 spiro atoms. The molecule has 164 valence electrons. The molecule has 8 nitrogen and oxygen atoms in total. The van der Waals surface area contributed by atoms with Crippen molar-refractivity contribution in [1.82, 2.24) is 24.3 Å². The van der Waals surface area contributed by atoms with Crippen LogP contribution in [0.2, 0.25) is 0 Å². The Labute approximate surface area is 180 Å². The topological polar surface area (TPSA) is 76.7 Å². The van der Waals surface area contributed by atoms with E-state index in [-0.39, 0.29) is 24.5 Å². The molecule has 2 aliphatic rings. The van der Waals surface area contributed by atoms with Crippen molar-refractivity contribution in [2.45, 2.75) is 31.7 Å². The minimum absolute atomic E-state index is 0.0414. The van der Waals surface area contributed by atoms with E-state index in [1.54, 1.807) is 15.4 Å². The van der Waals surface area contributed by atoms with Crippen LogP contribution in [0.3, 0.4) is 0 Å². The summed E-state index contributed by atoms with van der Waals surface area (Å²) in [6.07, 6.45) is 7.61. The van der Waals surface area contributed by atoms with E-state index in [4.69, 9.17) is 4.74 Å². The molecular formula is C22H27FN6O2. The van der Waals surface area contributed by atoms with Crippen LogP contribution in [0.5, 0.6) is 5.75 Å². The molecular weight excluding hydrogens is 399 g/mol. The van der Waals surface area contributed by atoms with E-state index in [2.05, 4.69) is 20.4 Å². The number of hydrogen-bond acceptors (Lipinski definition) is 5. The normalized spacial score (nSPS) is 19.2. The summed E-state index contributed by atoms with van der Waals surface area (Å²) in [6.45, 7) is 1.58. The van der Waals surface area contributed by atoms with Crippen molar-refractivity contribution in [1.29, 1.82) is 0 Å². The largest absolute Gasteiger partial charge is 0.488 e. The second-order valence-electron chi connectivity index (χ2n) is 8.39. The molecule has 0 aromatic carbocycles. The number of aryl methyl sites for hydroxylation is 1. The van der Waals surface area contributed by atoms with Crippen LogP contribution in [0.15, 0.2) is 30.6 Å².